The molecule has 3 rings (SSSR count). The molecule has 0 spiro atoms. The number of nitrogens with one attached hydrogen (secondary N) is 1. The zero-order valence-corrected chi connectivity index (χ0v) is 16.1. The predicted octanol–water partition coefficient (Wildman–Crippen LogP) is 2.34. The molecule has 2 heterocycles. The number of hydrogen-bond acceptors (Lipinski definition) is 4. The van der Waals surface area contributed by atoms with Crippen LogP contribution in [0.4, 0.5) is 18.9 Å². The molecule has 158 valence electrons. The van der Waals surface area contributed by atoms with Gasteiger partial charge < -0.3 is 10.2 Å². The van der Waals surface area contributed by atoms with Gasteiger partial charge in [0.25, 0.3) is 0 Å². The minimum Gasteiger partial charge on any atom is -0.344 e. The molecule has 2 atom stereocenters. The van der Waals surface area contributed by atoms with Crippen molar-refractivity contribution in [1.29, 1.82) is 0 Å². The van der Waals surface area contributed by atoms with Crippen LogP contribution < -0.4 is 10.7 Å². The van der Waals surface area contributed by atoms with Crippen molar-refractivity contribution in [3.63, 3.8) is 0 Å². The van der Waals surface area contributed by atoms with Gasteiger partial charge in [-0.15, -0.1) is 0 Å². The van der Waals surface area contributed by atoms with Gasteiger partial charge in [0.05, 0.1) is 5.56 Å². The van der Waals surface area contributed by atoms with Gasteiger partial charge in [0, 0.05) is 44.9 Å². The van der Waals surface area contributed by atoms with E-state index in [0.717, 1.165) is 29.0 Å². The Morgan fingerprint density at radius 1 is 1.10 bits per heavy atom. The molecule has 10 heteroatoms. The third-order valence-electron chi connectivity index (χ3n) is 5.01. The second kappa shape index (κ2) is 7.77. The standard InChI is InChI=1S/C20H18F3N3O4/c1-11(27)26-8-7-16(28)15(10-26)24-18(29)17-14(9-25(2)19(17)30)12-3-5-13(6-4-12)20(21,22)23/h3-8,10,14,17H,9H2,1-2H3,(H,24,29)/t14-,17+/m1/s1. The molecule has 0 aliphatic carbocycles. The highest BCUT2D eigenvalue weighted by atomic mass is 19.4. The van der Waals surface area contributed by atoms with Gasteiger partial charge in [-0.1, -0.05) is 12.1 Å². The first-order valence-electron chi connectivity index (χ1n) is 8.95. The molecule has 30 heavy (non-hydrogen) atoms. The van der Waals surface area contributed by atoms with Crippen LogP contribution in [0.3, 0.4) is 0 Å². The molecule has 1 aliphatic rings. The number of hydrogen-bond donors (Lipinski definition) is 1. The third-order valence-corrected chi connectivity index (χ3v) is 5.01. The van der Waals surface area contributed by atoms with Crippen LogP contribution in [0.15, 0.2) is 47.5 Å². The zero-order chi connectivity index (χ0) is 22.2. The Morgan fingerprint density at radius 3 is 2.30 bits per heavy atom. The van der Waals surface area contributed by atoms with E-state index >= 15 is 0 Å². The van der Waals surface area contributed by atoms with Gasteiger partial charge >= 0.3 is 6.18 Å². The van der Waals surface area contributed by atoms with Gasteiger partial charge in [-0.25, -0.2) is 0 Å². The van der Waals surface area contributed by atoms with Crippen LogP contribution in [-0.4, -0.2) is 40.8 Å². The largest absolute Gasteiger partial charge is 0.416 e. The van der Waals surface area contributed by atoms with Gasteiger partial charge in [0.15, 0.2) is 0 Å². The molecule has 1 aliphatic heterocycles. The Morgan fingerprint density at radius 2 is 1.73 bits per heavy atom. The van der Waals surface area contributed by atoms with E-state index in [0.29, 0.717) is 5.56 Å². The number of anilines is 1. The number of likely N-dealkylation sites (tertiary alicyclic amines) is 1. The molecule has 2 amide bonds. The van der Waals surface area contributed by atoms with Crippen molar-refractivity contribution in [2.75, 3.05) is 18.9 Å². The molecule has 0 unspecified atom stereocenters. The molecular weight excluding hydrogens is 403 g/mol. The molecule has 1 saturated heterocycles. The first-order valence-corrected chi connectivity index (χ1v) is 8.95. The Bertz CT molecular complexity index is 1060. The first-order chi connectivity index (χ1) is 14.0. The van der Waals surface area contributed by atoms with Gasteiger partial charge in [-0.3, -0.25) is 23.7 Å². The summed E-state index contributed by atoms with van der Waals surface area (Å²) < 4.78 is 39.5. The summed E-state index contributed by atoms with van der Waals surface area (Å²) in [5.74, 6) is -3.58. The number of carbonyl (C=O) groups is 3. The quantitative estimate of drug-likeness (QED) is 0.771. The maximum absolute atomic E-state index is 12.8. The molecule has 0 bridgehead atoms. The van der Waals surface area contributed by atoms with Gasteiger partial charge in [-0.05, 0) is 17.7 Å². The van der Waals surface area contributed by atoms with Crippen molar-refractivity contribution in [1.82, 2.24) is 9.47 Å². The first kappa shape index (κ1) is 21.3. The molecular formula is C20H18F3N3O4. The lowest BCUT2D eigenvalue weighted by Crippen LogP contribution is -2.34. The lowest BCUT2D eigenvalue weighted by atomic mass is 9.87. The summed E-state index contributed by atoms with van der Waals surface area (Å²) in [7, 11) is 1.48. The maximum Gasteiger partial charge on any atom is 0.416 e. The van der Waals surface area contributed by atoms with Crippen LogP contribution in [-0.2, 0) is 15.8 Å². The Labute approximate surface area is 169 Å². The second-order valence-corrected chi connectivity index (χ2v) is 7.06. The van der Waals surface area contributed by atoms with E-state index in [4.69, 9.17) is 0 Å². The number of alkyl halides is 3. The molecule has 2 aromatic rings. The van der Waals surface area contributed by atoms with Gasteiger partial charge in [-0.2, -0.15) is 13.2 Å². The van der Waals surface area contributed by atoms with Crippen LogP contribution in [0.1, 0.15) is 28.8 Å². The van der Waals surface area contributed by atoms with Crippen LogP contribution in [0.2, 0.25) is 0 Å². The number of aromatic nitrogens is 1. The Kier molecular flexibility index (Phi) is 5.51. The van der Waals surface area contributed by atoms with Gasteiger partial charge in [0.2, 0.25) is 23.2 Å². The monoisotopic (exact) mass is 421 g/mol. The summed E-state index contributed by atoms with van der Waals surface area (Å²) in [4.78, 5) is 50.2. The van der Waals surface area contributed by atoms with Crippen LogP contribution in [0, 0.1) is 5.92 Å². The number of likely N-dealkylation sites (N-methyl/N-ethyl adjacent to an activating group) is 1. The fourth-order valence-electron chi connectivity index (χ4n) is 3.40. The van der Waals surface area contributed by atoms with E-state index in [9.17, 15) is 32.3 Å². The average Bonchev–Trinajstić information content (AvgIpc) is 2.97. The molecule has 1 fully saturated rings. The van der Waals surface area contributed by atoms with Crippen molar-refractivity contribution in [3.8, 4) is 0 Å². The number of pyridine rings is 1. The highest BCUT2D eigenvalue weighted by Gasteiger charge is 2.44. The number of rotatable bonds is 3. The summed E-state index contributed by atoms with van der Waals surface area (Å²) in [6.45, 7) is 1.40. The summed E-state index contributed by atoms with van der Waals surface area (Å²) >= 11 is 0. The van der Waals surface area contributed by atoms with E-state index < -0.39 is 40.8 Å². The van der Waals surface area contributed by atoms with E-state index in [1.807, 2.05) is 0 Å². The van der Waals surface area contributed by atoms with Crippen LogP contribution >= 0.6 is 0 Å². The van der Waals surface area contributed by atoms with Crippen molar-refractivity contribution >= 4 is 23.4 Å². The van der Waals surface area contributed by atoms with E-state index in [-0.39, 0.29) is 18.1 Å². The van der Waals surface area contributed by atoms with Crippen LogP contribution in [0.5, 0.6) is 0 Å². The molecule has 1 aromatic heterocycles. The number of halogens is 3. The normalized spacial score (nSPS) is 19.1. The van der Waals surface area contributed by atoms with Crippen molar-refractivity contribution in [3.05, 3.63) is 64.1 Å². The summed E-state index contributed by atoms with van der Waals surface area (Å²) in [6, 6.07) is 5.38. The highest BCUT2D eigenvalue weighted by Crippen LogP contribution is 2.36. The molecule has 0 saturated carbocycles. The average molecular weight is 421 g/mol. The molecule has 1 N–H and O–H groups in total. The topological polar surface area (TPSA) is 88.5 Å². The van der Waals surface area contributed by atoms with Crippen LogP contribution in [0.25, 0.3) is 0 Å². The zero-order valence-electron chi connectivity index (χ0n) is 16.1. The Hall–Kier alpha value is -3.43. The highest BCUT2D eigenvalue weighted by molar-refractivity contribution is 6.08. The number of carbonyl (C=O) groups excluding carboxylic acids is 3. The number of benzene rings is 1. The van der Waals surface area contributed by atoms with Crippen molar-refractivity contribution in [2.24, 2.45) is 5.92 Å². The number of nitrogens with zero attached hydrogens (tertiary/aromatic N) is 2. The predicted molar refractivity (Wildman–Crippen MR) is 101 cm³/mol. The van der Waals surface area contributed by atoms with Crippen molar-refractivity contribution in [2.45, 2.75) is 19.0 Å². The third kappa shape index (κ3) is 4.12. The van der Waals surface area contributed by atoms with Gasteiger partial charge in [0.1, 0.15) is 11.6 Å². The molecule has 0 radical (unpaired) electrons. The van der Waals surface area contributed by atoms with E-state index in [2.05, 4.69) is 5.32 Å². The molecule has 1 aromatic carbocycles. The summed E-state index contributed by atoms with van der Waals surface area (Å²) in [5, 5.41) is 2.38. The second-order valence-electron chi connectivity index (χ2n) is 7.06. The minimum absolute atomic E-state index is 0.134. The lowest BCUT2D eigenvalue weighted by molar-refractivity contribution is -0.138. The smallest absolute Gasteiger partial charge is 0.344 e. The Balaban J connectivity index is 1.90. The van der Waals surface area contributed by atoms with Crippen molar-refractivity contribution < 1.29 is 27.6 Å². The summed E-state index contributed by atoms with van der Waals surface area (Å²) in [5.41, 5.74) is -1.16. The summed E-state index contributed by atoms with van der Waals surface area (Å²) in [6.07, 6.45) is -2.10. The maximum atomic E-state index is 12.8. The number of amides is 2. The molecule has 7 nitrogen and oxygen atoms in total. The SMILES string of the molecule is CC(=O)n1ccc(=O)c(NC(=O)[C@H]2C(=O)N(C)C[C@@H]2c2ccc(C(F)(F)F)cc2)c1. The lowest BCUT2D eigenvalue weighted by Gasteiger charge is -2.18. The fraction of sp³-hybridized carbons (Fsp3) is 0.300. The van der Waals surface area contributed by atoms with E-state index in [1.54, 1.807) is 0 Å². The fourth-order valence-corrected chi connectivity index (χ4v) is 3.40. The minimum atomic E-state index is -4.50. The van der Waals surface area contributed by atoms with E-state index in [1.165, 1.54) is 37.2 Å².